The van der Waals surface area contributed by atoms with Gasteiger partial charge < -0.3 is 5.11 Å². The topological polar surface area (TPSA) is 88.5 Å². The summed E-state index contributed by atoms with van der Waals surface area (Å²) in [6.45, 7) is 0. The van der Waals surface area contributed by atoms with E-state index >= 15 is 0 Å². The molecule has 0 bridgehead atoms. The molecule has 1 fully saturated rings. The zero-order chi connectivity index (χ0) is 12.7. The van der Waals surface area contributed by atoms with Gasteiger partial charge in [0, 0.05) is 0 Å². The van der Waals surface area contributed by atoms with E-state index in [1.807, 2.05) is 0 Å². The van der Waals surface area contributed by atoms with Crippen molar-refractivity contribution >= 4 is 19.7 Å². The molecule has 1 aromatic carbocycles. The number of aliphatic hydroxyl groups is 1. The van der Waals surface area contributed by atoms with E-state index in [0.717, 1.165) is 0 Å². The van der Waals surface area contributed by atoms with Gasteiger partial charge in [-0.05, 0) is 12.1 Å². The molecule has 17 heavy (non-hydrogen) atoms. The summed E-state index contributed by atoms with van der Waals surface area (Å²) in [7, 11) is -7.25. The SMILES string of the molecule is O=S1(=O)C[C@@H](O)[C@H](S(=O)(=O)c2ccccc2)C1. The third kappa shape index (κ3) is 2.36. The summed E-state index contributed by atoms with van der Waals surface area (Å²) in [5.41, 5.74) is 0. The van der Waals surface area contributed by atoms with Crippen LogP contribution in [0.15, 0.2) is 35.2 Å². The van der Waals surface area contributed by atoms with Crippen molar-refractivity contribution in [2.24, 2.45) is 0 Å². The highest BCUT2D eigenvalue weighted by Gasteiger charge is 2.44. The maximum absolute atomic E-state index is 12.1. The molecule has 1 heterocycles. The van der Waals surface area contributed by atoms with Gasteiger partial charge in [0.15, 0.2) is 19.7 Å². The summed E-state index contributed by atoms with van der Waals surface area (Å²) in [6.07, 6.45) is -1.34. The molecule has 0 unspecified atom stereocenters. The average Bonchev–Trinajstić information content (AvgIpc) is 2.54. The summed E-state index contributed by atoms with van der Waals surface area (Å²) < 4.78 is 46.8. The molecule has 1 aliphatic heterocycles. The predicted molar refractivity (Wildman–Crippen MR) is 62.1 cm³/mol. The van der Waals surface area contributed by atoms with Gasteiger partial charge in [-0.25, -0.2) is 16.8 Å². The Morgan fingerprint density at radius 3 is 2.18 bits per heavy atom. The van der Waals surface area contributed by atoms with E-state index in [1.165, 1.54) is 12.1 Å². The van der Waals surface area contributed by atoms with Gasteiger partial charge in [-0.15, -0.1) is 0 Å². The zero-order valence-electron chi connectivity index (χ0n) is 8.85. The summed E-state index contributed by atoms with van der Waals surface area (Å²) in [4.78, 5) is 0.0427. The Morgan fingerprint density at radius 1 is 1.12 bits per heavy atom. The molecule has 94 valence electrons. The van der Waals surface area contributed by atoms with Crippen molar-refractivity contribution in [2.45, 2.75) is 16.2 Å². The van der Waals surface area contributed by atoms with Crippen molar-refractivity contribution in [3.63, 3.8) is 0 Å². The number of aliphatic hydroxyl groups excluding tert-OH is 1. The van der Waals surface area contributed by atoms with Gasteiger partial charge in [-0.2, -0.15) is 0 Å². The van der Waals surface area contributed by atoms with Gasteiger partial charge in [-0.1, -0.05) is 18.2 Å². The lowest BCUT2D eigenvalue weighted by Gasteiger charge is -2.13. The van der Waals surface area contributed by atoms with E-state index in [2.05, 4.69) is 0 Å². The van der Waals surface area contributed by atoms with Crippen molar-refractivity contribution in [1.29, 1.82) is 0 Å². The van der Waals surface area contributed by atoms with Gasteiger partial charge in [0.25, 0.3) is 0 Å². The molecule has 0 aromatic heterocycles. The number of sulfone groups is 2. The molecule has 2 rings (SSSR count). The summed E-state index contributed by atoms with van der Waals surface area (Å²) in [6, 6.07) is 7.58. The van der Waals surface area contributed by atoms with E-state index in [-0.39, 0.29) is 4.90 Å². The molecule has 0 radical (unpaired) electrons. The van der Waals surface area contributed by atoms with Crippen LogP contribution >= 0.6 is 0 Å². The minimum absolute atomic E-state index is 0.0427. The fourth-order valence-electron chi connectivity index (χ4n) is 1.88. The second-order valence-electron chi connectivity index (χ2n) is 4.04. The second kappa shape index (κ2) is 4.08. The Balaban J connectivity index is 2.42. The summed E-state index contributed by atoms with van der Waals surface area (Å²) in [5.74, 6) is -0.991. The number of hydrogen-bond acceptors (Lipinski definition) is 5. The minimum Gasteiger partial charge on any atom is -0.391 e. The van der Waals surface area contributed by atoms with Crippen molar-refractivity contribution in [3.8, 4) is 0 Å². The third-order valence-electron chi connectivity index (χ3n) is 2.74. The van der Waals surface area contributed by atoms with Gasteiger partial charge in [-0.3, -0.25) is 0 Å². The van der Waals surface area contributed by atoms with E-state index in [9.17, 15) is 21.9 Å². The Hall–Kier alpha value is -0.920. The van der Waals surface area contributed by atoms with Crippen LogP contribution in [0.1, 0.15) is 0 Å². The van der Waals surface area contributed by atoms with Crippen molar-refractivity contribution in [2.75, 3.05) is 11.5 Å². The lowest BCUT2D eigenvalue weighted by molar-refractivity contribution is 0.204. The predicted octanol–water partition coefficient (Wildman–Crippen LogP) is -0.382. The molecule has 0 amide bonds. The van der Waals surface area contributed by atoms with Crippen LogP contribution in [0.5, 0.6) is 0 Å². The lowest BCUT2D eigenvalue weighted by atomic mass is 10.3. The number of hydrogen-bond donors (Lipinski definition) is 1. The van der Waals surface area contributed by atoms with Crippen molar-refractivity contribution < 1.29 is 21.9 Å². The zero-order valence-corrected chi connectivity index (χ0v) is 10.5. The fourth-order valence-corrected chi connectivity index (χ4v) is 6.35. The monoisotopic (exact) mass is 276 g/mol. The second-order valence-corrected chi connectivity index (χ2v) is 8.36. The fraction of sp³-hybridized carbons (Fsp3) is 0.400. The number of benzene rings is 1. The standard InChI is InChI=1S/C10H12O5S2/c11-9-6-16(12,13)7-10(9)17(14,15)8-4-2-1-3-5-8/h1-5,9-11H,6-7H2/t9-,10-/m1/s1. The van der Waals surface area contributed by atoms with Gasteiger partial charge >= 0.3 is 0 Å². The highest BCUT2D eigenvalue weighted by Crippen LogP contribution is 2.25. The first kappa shape index (κ1) is 12.5. The molecule has 1 aliphatic rings. The number of rotatable bonds is 2. The van der Waals surface area contributed by atoms with E-state index < -0.39 is 42.5 Å². The average molecular weight is 276 g/mol. The van der Waals surface area contributed by atoms with Crippen molar-refractivity contribution in [1.82, 2.24) is 0 Å². The Bertz CT molecular complexity index is 603. The lowest BCUT2D eigenvalue weighted by Crippen LogP contribution is -2.32. The first-order valence-electron chi connectivity index (χ1n) is 5.00. The summed E-state index contributed by atoms with van der Waals surface area (Å²) >= 11 is 0. The Kier molecular flexibility index (Phi) is 3.01. The molecule has 1 aromatic rings. The quantitative estimate of drug-likeness (QED) is 0.795. The molecular weight excluding hydrogens is 264 g/mol. The van der Waals surface area contributed by atoms with Crippen LogP contribution < -0.4 is 0 Å². The van der Waals surface area contributed by atoms with Crippen LogP contribution in [-0.4, -0.2) is 44.8 Å². The molecule has 1 saturated heterocycles. The van der Waals surface area contributed by atoms with E-state index in [0.29, 0.717) is 0 Å². The maximum Gasteiger partial charge on any atom is 0.184 e. The normalized spacial score (nSPS) is 28.1. The van der Waals surface area contributed by atoms with Crippen LogP contribution in [0.3, 0.4) is 0 Å². The Labute approximate surface area is 99.9 Å². The van der Waals surface area contributed by atoms with Gasteiger partial charge in [0.1, 0.15) is 5.25 Å². The molecule has 0 spiro atoms. The Morgan fingerprint density at radius 2 is 1.71 bits per heavy atom. The van der Waals surface area contributed by atoms with Gasteiger partial charge in [0.2, 0.25) is 0 Å². The smallest absolute Gasteiger partial charge is 0.184 e. The largest absolute Gasteiger partial charge is 0.391 e. The third-order valence-corrected chi connectivity index (χ3v) is 6.88. The molecule has 1 N–H and O–H groups in total. The molecule has 7 heteroatoms. The van der Waals surface area contributed by atoms with Crippen LogP contribution in [-0.2, 0) is 19.7 Å². The highest BCUT2D eigenvalue weighted by atomic mass is 32.2. The molecule has 5 nitrogen and oxygen atoms in total. The molecule has 0 saturated carbocycles. The maximum atomic E-state index is 12.1. The molecular formula is C10H12O5S2. The van der Waals surface area contributed by atoms with E-state index in [4.69, 9.17) is 0 Å². The van der Waals surface area contributed by atoms with Crippen LogP contribution in [0.2, 0.25) is 0 Å². The van der Waals surface area contributed by atoms with Crippen LogP contribution in [0, 0.1) is 0 Å². The minimum atomic E-state index is -3.79. The first-order valence-corrected chi connectivity index (χ1v) is 8.37. The van der Waals surface area contributed by atoms with Crippen molar-refractivity contribution in [3.05, 3.63) is 30.3 Å². The van der Waals surface area contributed by atoms with E-state index in [1.54, 1.807) is 18.2 Å². The van der Waals surface area contributed by atoms with Gasteiger partial charge in [0.05, 0.1) is 22.5 Å². The van der Waals surface area contributed by atoms with Crippen LogP contribution in [0.25, 0.3) is 0 Å². The summed E-state index contributed by atoms with van der Waals surface area (Å²) in [5, 5.41) is 8.31. The molecule has 2 atom stereocenters. The first-order chi connectivity index (χ1) is 7.83. The van der Waals surface area contributed by atoms with Crippen LogP contribution in [0.4, 0.5) is 0 Å². The highest BCUT2D eigenvalue weighted by molar-refractivity contribution is 7.96. The molecule has 0 aliphatic carbocycles.